The van der Waals surface area contributed by atoms with Crippen LogP contribution in [-0.2, 0) is 21.1 Å². The van der Waals surface area contributed by atoms with Gasteiger partial charge < -0.3 is 19.8 Å². The van der Waals surface area contributed by atoms with E-state index in [0.29, 0.717) is 0 Å². The number of hydrogen-bond acceptors (Lipinski definition) is 4. The molecule has 2 amide bonds. The van der Waals surface area contributed by atoms with Gasteiger partial charge in [0.05, 0.1) is 13.2 Å². The second kappa shape index (κ2) is 4.44. The highest BCUT2D eigenvalue weighted by atomic mass is 32.5. The Balaban J connectivity index is 2.55. The number of β-lactam (4-membered cyclic amide) rings is 1. The molecule has 86 valence electrons. The van der Waals surface area contributed by atoms with Gasteiger partial charge in [0.15, 0.2) is 0 Å². The molecule has 1 aliphatic heterocycles. The number of carbonyl (C=O) groups is 2. The van der Waals surface area contributed by atoms with Crippen LogP contribution in [-0.4, -0.2) is 45.9 Å². The van der Waals surface area contributed by atoms with Gasteiger partial charge in [0.25, 0.3) is 12.5 Å². The highest BCUT2D eigenvalue weighted by Gasteiger charge is 2.45. The SMILES string of the molecule is CCOP(O)(=S)N1C[C@H](NC(=O)O)C1=O. The maximum absolute atomic E-state index is 11.3. The van der Waals surface area contributed by atoms with Gasteiger partial charge in [0, 0.05) is 0 Å². The van der Waals surface area contributed by atoms with Crippen LogP contribution in [0.15, 0.2) is 0 Å². The Bertz CT molecular complexity index is 335. The fourth-order valence-corrected chi connectivity index (χ4v) is 3.12. The molecule has 1 aliphatic rings. The summed E-state index contributed by atoms with van der Waals surface area (Å²) in [5.41, 5.74) is 0. The Morgan fingerprint density at radius 3 is 2.87 bits per heavy atom. The van der Waals surface area contributed by atoms with Crippen LogP contribution < -0.4 is 5.32 Å². The zero-order valence-electron chi connectivity index (χ0n) is 7.91. The summed E-state index contributed by atoms with van der Waals surface area (Å²) in [6.07, 6.45) is -1.28. The van der Waals surface area contributed by atoms with E-state index in [1.54, 1.807) is 6.92 Å². The van der Waals surface area contributed by atoms with Gasteiger partial charge in [-0.3, -0.25) is 9.46 Å². The zero-order chi connectivity index (χ0) is 11.6. The van der Waals surface area contributed by atoms with Gasteiger partial charge in [-0.15, -0.1) is 0 Å². The summed E-state index contributed by atoms with van der Waals surface area (Å²) in [4.78, 5) is 31.2. The van der Waals surface area contributed by atoms with Crippen molar-refractivity contribution in [1.29, 1.82) is 0 Å². The monoisotopic (exact) mass is 254 g/mol. The number of amides is 2. The number of carboxylic acid groups (broad SMARTS) is 1. The van der Waals surface area contributed by atoms with Crippen LogP contribution in [0.25, 0.3) is 0 Å². The van der Waals surface area contributed by atoms with E-state index in [-0.39, 0.29) is 13.2 Å². The van der Waals surface area contributed by atoms with E-state index in [0.717, 1.165) is 4.67 Å². The number of carbonyl (C=O) groups excluding carboxylic acids is 1. The molecule has 1 fully saturated rings. The lowest BCUT2D eigenvalue weighted by Gasteiger charge is -2.41. The Morgan fingerprint density at radius 2 is 2.47 bits per heavy atom. The van der Waals surface area contributed by atoms with Gasteiger partial charge in [0.2, 0.25) is 0 Å². The van der Waals surface area contributed by atoms with Crippen molar-refractivity contribution in [2.24, 2.45) is 0 Å². The Hall–Kier alpha value is -0.690. The van der Waals surface area contributed by atoms with E-state index in [2.05, 4.69) is 0 Å². The molecular weight excluding hydrogens is 243 g/mol. The molecule has 3 N–H and O–H groups in total. The molecule has 0 aromatic rings. The maximum Gasteiger partial charge on any atom is 0.405 e. The standard InChI is InChI=1S/C6H11N2O5PS/c1-2-13-14(12,15)8-3-4(5(8)9)7-6(10)11/h4,7H,2-3H2,1H3,(H,10,11)(H,12,15)/t4-,14?/m0/s1. The van der Waals surface area contributed by atoms with Crippen LogP contribution in [0, 0.1) is 0 Å². The zero-order valence-corrected chi connectivity index (χ0v) is 9.62. The molecule has 0 spiro atoms. The van der Waals surface area contributed by atoms with Crippen LogP contribution in [0.2, 0.25) is 0 Å². The molecule has 1 heterocycles. The van der Waals surface area contributed by atoms with Gasteiger partial charge in [-0.1, -0.05) is 0 Å². The van der Waals surface area contributed by atoms with Gasteiger partial charge in [0.1, 0.15) is 6.04 Å². The van der Waals surface area contributed by atoms with Gasteiger partial charge in [-0.2, -0.15) is 0 Å². The molecule has 0 aliphatic carbocycles. The molecular formula is C6H11N2O5PS. The van der Waals surface area contributed by atoms with Gasteiger partial charge in [-0.05, 0) is 18.7 Å². The third kappa shape index (κ3) is 2.66. The lowest BCUT2D eigenvalue weighted by atomic mass is 10.2. The average molecular weight is 254 g/mol. The van der Waals surface area contributed by atoms with Gasteiger partial charge in [-0.25, -0.2) is 4.79 Å². The average Bonchev–Trinajstić information content (AvgIpc) is 2.10. The highest BCUT2D eigenvalue weighted by molar-refractivity contribution is 8.08. The number of nitrogens with one attached hydrogen (secondary N) is 1. The second-order valence-corrected chi connectivity index (χ2v) is 5.98. The van der Waals surface area contributed by atoms with Crippen LogP contribution in [0.4, 0.5) is 4.79 Å². The van der Waals surface area contributed by atoms with Crippen LogP contribution in [0.5, 0.6) is 0 Å². The summed E-state index contributed by atoms with van der Waals surface area (Å²) < 4.78 is 5.86. The Labute approximate surface area is 91.2 Å². The van der Waals surface area contributed by atoms with E-state index in [4.69, 9.17) is 21.4 Å². The predicted molar refractivity (Wildman–Crippen MR) is 54.8 cm³/mol. The fraction of sp³-hybridized carbons (Fsp3) is 0.667. The summed E-state index contributed by atoms with van der Waals surface area (Å²) >= 11 is 4.73. The predicted octanol–water partition coefficient (Wildman–Crippen LogP) is -0.282. The molecule has 0 aromatic carbocycles. The van der Waals surface area contributed by atoms with Crippen molar-refractivity contribution >= 4 is 30.4 Å². The first-order valence-electron chi connectivity index (χ1n) is 4.17. The minimum atomic E-state index is -3.25. The lowest BCUT2D eigenvalue weighted by Crippen LogP contribution is -2.62. The Kier molecular flexibility index (Phi) is 3.67. The van der Waals surface area contributed by atoms with E-state index < -0.39 is 24.7 Å². The smallest absolute Gasteiger partial charge is 0.405 e. The highest BCUT2D eigenvalue weighted by Crippen LogP contribution is 2.49. The van der Waals surface area contributed by atoms with Crippen molar-refractivity contribution in [3.8, 4) is 0 Å². The third-order valence-electron chi connectivity index (χ3n) is 1.81. The number of hydrogen-bond donors (Lipinski definition) is 3. The van der Waals surface area contributed by atoms with Crippen LogP contribution in [0.1, 0.15) is 6.92 Å². The topological polar surface area (TPSA) is 99.1 Å². The molecule has 0 aromatic heterocycles. The van der Waals surface area contributed by atoms with E-state index in [9.17, 15) is 14.5 Å². The molecule has 0 radical (unpaired) electrons. The normalized spacial score (nSPS) is 24.3. The molecule has 7 nitrogen and oxygen atoms in total. The third-order valence-corrected chi connectivity index (χ3v) is 4.28. The van der Waals surface area contributed by atoms with Crippen molar-refractivity contribution in [3.05, 3.63) is 0 Å². The molecule has 0 saturated carbocycles. The summed E-state index contributed by atoms with van der Waals surface area (Å²) in [7, 11) is 0. The molecule has 9 heteroatoms. The summed E-state index contributed by atoms with van der Waals surface area (Å²) in [5, 5.41) is 10.4. The summed E-state index contributed by atoms with van der Waals surface area (Å²) in [6.45, 7) is -1.34. The second-order valence-electron chi connectivity index (χ2n) is 2.83. The first-order valence-corrected chi connectivity index (χ1v) is 6.79. The largest absolute Gasteiger partial charge is 0.465 e. The number of nitrogens with zero attached hydrogens (tertiary/aromatic N) is 1. The molecule has 1 saturated heterocycles. The van der Waals surface area contributed by atoms with Gasteiger partial charge >= 0.3 is 6.09 Å². The van der Waals surface area contributed by atoms with Crippen molar-refractivity contribution in [3.63, 3.8) is 0 Å². The minimum Gasteiger partial charge on any atom is -0.465 e. The van der Waals surface area contributed by atoms with Crippen molar-refractivity contribution < 1.29 is 24.1 Å². The molecule has 1 unspecified atom stereocenters. The quantitative estimate of drug-likeness (QED) is 0.471. The van der Waals surface area contributed by atoms with Crippen molar-refractivity contribution in [2.45, 2.75) is 13.0 Å². The molecule has 0 bridgehead atoms. The molecule has 15 heavy (non-hydrogen) atoms. The van der Waals surface area contributed by atoms with Crippen LogP contribution >= 0.6 is 6.64 Å². The Morgan fingerprint density at radius 1 is 1.87 bits per heavy atom. The lowest BCUT2D eigenvalue weighted by molar-refractivity contribution is -0.137. The first-order chi connectivity index (χ1) is 6.88. The summed E-state index contributed by atoms with van der Waals surface area (Å²) in [6, 6.07) is -0.822. The van der Waals surface area contributed by atoms with E-state index in [1.807, 2.05) is 5.32 Å². The first kappa shape index (κ1) is 12.4. The molecule has 2 atom stereocenters. The fourth-order valence-electron chi connectivity index (χ4n) is 1.13. The minimum absolute atomic E-state index is 0.0545. The van der Waals surface area contributed by atoms with Crippen LogP contribution in [0.3, 0.4) is 0 Å². The van der Waals surface area contributed by atoms with Crippen molar-refractivity contribution in [2.75, 3.05) is 13.2 Å². The number of rotatable bonds is 4. The maximum atomic E-state index is 11.3. The van der Waals surface area contributed by atoms with E-state index >= 15 is 0 Å². The summed E-state index contributed by atoms with van der Waals surface area (Å²) in [5.74, 6) is -0.545. The van der Waals surface area contributed by atoms with E-state index in [1.165, 1.54) is 0 Å². The molecule has 1 rings (SSSR count). The van der Waals surface area contributed by atoms with Crippen molar-refractivity contribution in [1.82, 2.24) is 9.99 Å².